The molecule has 0 bridgehead atoms. The van der Waals surface area contributed by atoms with E-state index in [2.05, 4.69) is 15.2 Å². The number of carbonyl (C=O) groups is 1. The molecule has 0 unspecified atom stereocenters. The molecule has 0 aliphatic rings. The Kier molecular flexibility index (Phi) is 5.48. The zero-order valence-electron chi connectivity index (χ0n) is 13.2. The number of ether oxygens (including phenoxy) is 1. The van der Waals surface area contributed by atoms with Gasteiger partial charge in [-0.05, 0) is 44.5 Å². The quantitative estimate of drug-likeness (QED) is 0.867. The van der Waals surface area contributed by atoms with Gasteiger partial charge in [-0.25, -0.2) is 0 Å². The van der Waals surface area contributed by atoms with Crippen LogP contribution in [0.15, 0.2) is 28.8 Å². The number of halogens is 3. The van der Waals surface area contributed by atoms with Gasteiger partial charge in [0, 0.05) is 17.7 Å². The highest BCUT2D eigenvalue weighted by Gasteiger charge is 2.28. The molecule has 5 nitrogen and oxygen atoms in total. The third kappa shape index (κ3) is 5.29. The summed E-state index contributed by atoms with van der Waals surface area (Å²) in [6.07, 6.45) is -3.64. The molecule has 2 aromatic rings. The van der Waals surface area contributed by atoms with E-state index in [1.807, 2.05) is 6.92 Å². The Balaban J connectivity index is 1.83. The summed E-state index contributed by atoms with van der Waals surface area (Å²) in [6, 6.07) is 5.71. The Morgan fingerprint density at radius 3 is 2.46 bits per heavy atom. The molecule has 1 N–H and O–H groups in total. The molecule has 1 aromatic carbocycles. The molecule has 1 heterocycles. The zero-order chi connectivity index (χ0) is 17.7. The number of hydrogen-bond acceptors (Lipinski definition) is 4. The SMILES string of the molecule is Cc1noc(C)c1CCC(=O)Nc1ccc(OCC(F)(F)F)cc1. The van der Waals surface area contributed by atoms with Crippen LogP contribution in [0, 0.1) is 13.8 Å². The highest BCUT2D eigenvalue weighted by molar-refractivity contribution is 5.90. The molecule has 1 aromatic heterocycles. The van der Waals surface area contributed by atoms with E-state index in [9.17, 15) is 18.0 Å². The fourth-order valence-electron chi connectivity index (χ4n) is 2.12. The van der Waals surface area contributed by atoms with Crippen molar-refractivity contribution in [3.8, 4) is 5.75 Å². The maximum absolute atomic E-state index is 12.1. The molecule has 0 aliphatic carbocycles. The number of benzene rings is 1. The van der Waals surface area contributed by atoms with Crippen LogP contribution in [0.5, 0.6) is 5.75 Å². The second-order valence-corrected chi connectivity index (χ2v) is 5.28. The Morgan fingerprint density at radius 1 is 1.25 bits per heavy atom. The summed E-state index contributed by atoms with van der Waals surface area (Å²) in [6.45, 7) is 2.24. The van der Waals surface area contributed by atoms with Crippen LogP contribution in [0.3, 0.4) is 0 Å². The van der Waals surface area contributed by atoms with Gasteiger partial charge >= 0.3 is 6.18 Å². The lowest BCUT2D eigenvalue weighted by Gasteiger charge is -2.10. The monoisotopic (exact) mass is 342 g/mol. The molecule has 1 amide bonds. The van der Waals surface area contributed by atoms with Crippen LogP contribution < -0.4 is 10.1 Å². The maximum atomic E-state index is 12.1. The molecule has 0 saturated heterocycles. The molecule has 0 atom stereocenters. The fourth-order valence-corrected chi connectivity index (χ4v) is 2.12. The van der Waals surface area contributed by atoms with Gasteiger partial charge in [0.25, 0.3) is 0 Å². The smallest absolute Gasteiger partial charge is 0.422 e. The number of aryl methyl sites for hydroxylation is 2. The molecule has 0 saturated carbocycles. The van der Waals surface area contributed by atoms with Crippen molar-refractivity contribution in [1.82, 2.24) is 5.16 Å². The van der Waals surface area contributed by atoms with E-state index < -0.39 is 12.8 Å². The van der Waals surface area contributed by atoms with E-state index in [4.69, 9.17) is 4.52 Å². The van der Waals surface area contributed by atoms with Crippen molar-refractivity contribution < 1.29 is 27.2 Å². The predicted octanol–water partition coefficient (Wildman–Crippen LogP) is 3.80. The second kappa shape index (κ2) is 7.37. The third-order valence-corrected chi connectivity index (χ3v) is 3.32. The van der Waals surface area contributed by atoms with Crippen molar-refractivity contribution in [3.63, 3.8) is 0 Å². The fraction of sp³-hybridized carbons (Fsp3) is 0.375. The number of alkyl halides is 3. The van der Waals surface area contributed by atoms with Gasteiger partial charge in [-0.1, -0.05) is 5.16 Å². The van der Waals surface area contributed by atoms with Gasteiger partial charge in [0.1, 0.15) is 11.5 Å². The minimum Gasteiger partial charge on any atom is -0.484 e. The van der Waals surface area contributed by atoms with E-state index in [0.29, 0.717) is 17.9 Å². The summed E-state index contributed by atoms with van der Waals surface area (Å²) in [5.41, 5.74) is 2.14. The first-order chi connectivity index (χ1) is 11.2. The largest absolute Gasteiger partial charge is 0.484 e. The molecule has 130 valence electrons. The van der Waals surface area contributed by atoms with Gasteiger partial charge in [0.05, 0.1) is 5.69 Å². The lowest BCUT2D eigenvalue weighted by atomic mass is 10.1. The number of amides is 1. The molecular weight excluding hydrogens is 325 g/mol. The van der Waals surface area contributed by atoms with Gasteiger partial charge in [0.2, 0.25) is 5.91 Å². The highest BCUT2D eigenvalue weighted by Crippen LogP contribution is 2.20. The van der Waals surface area contributed by atoms with Gasteiger partial charge in [0.15, 0.2) is 6.61 Å². The van der Waals surface area contributed by atoms with Crippen molar-refractivity contribution in [1.29, 1.82) is 0 Å². The van der Waals surface area contributed by atoms with Crippen molar-refractivity contribution in [2.75, 3.05) is 11.9 Å². The molecular formula is C16H17F3N2O3. The number of rotatable bonds is 6. The lowest BCUT2D eigenvalue weighted by Crippen LogP contribution is -2.19. The third-order valence-electron chi connectivity index (χ3n) is 3.32. The predicted molar refractivity (Wildman–Crippen MR) is 80.9 cm³/mol. The summed E-state index contributed by atoms with van der Waals surface area (Å²) in [4.78, 5) is 11.9. The molecule has 24 heavy (non-hydrogen) atoms. The molecule has 0 spiro atoms. The Morgan fingerprint density at radius 2 is 1.92 bits per heavy atom. The minimum absolute atomic E-state index is 0.0843. The van der Waals surface area contributed by atoms with E-state index in [1.165, 1.54) is 24.3 Å². The van der Waals surface area contributed by atoms with Crippen molar-refractivity contribution in [2.24, 2.45) is 0 Å². The lowest BCUT2D eigenvalue weighted by molar-refractivity contribution is -0.153. The first-order valence-electron chi connectivity index (χ1n) is 7.26. The van der Waals surface area contributed by atoms with E-state index in [0.717, 1.165) is 11.3 Å². The minimum atomic E-state index is -4.38. The molecule has 8 heteroatoms. The first-order valence-corrected chi connectivity index (χ1v) is 7.26. The molecule has 0 radical (unpaired) electrons. The van der Waals surface area contributed by atoms with Crippen LogP contribution >= 0.6 is 0 Å². The van der Waals surface area contributed by atoms with Crippen molar-refractivity contribution >= 4 is 11.6 Å². The molecule has 0 aliphatic heterocycles. The number of nitrogens with one attached hydrogen (secondary N) is 1. The summed E-state index contributed by atoms with van der Waals surface area (Å²) in [5.74, 6) is 0.562. The molecule has 0 fully saturated rings. The van der Waals surface area contributed by atoms with Crippen LogP contribution in [0.2, 0.25) is 0 Å². The van der Waals surface area contributed by atoms with E-state index in [1.54, 1.807) is 6.92 Å². The summed E-state index contributed by atoms with van der Waals surface area (Å²) >= 11 is 0. The average Bonchev–Trinajstić information content (AvgIpc) is 2.82. The average molecular weight is 342 g/mol. The topological polar surface area (TPSA) is 64.4 Å². The second-order valence-electron chi connectivity index (χ2n) is 5.28. The Bertz CT molecular complexity index is 674. The van der Waals surface area contributed by atoms with Crippen molar-refractivity contribution in [2.45, 2.75) is 32.9 Å². The number of aromatic nitrogens is 1. The van der Waals surface area contributed by atoms with Crippen LogP contribution in [0.1, 0.15) is 23.4 Å². The highest BCUT2D eigenvalue weighted by atomic mass is 19.4. The summed E-state index contributed by atoms with van der Waals surface area (Å²) in [7, 11) is 0. The van der Waals surface area contributed by atoms with E-state index >= 15 is 0 Å². The zero-order valence-corrected chi connectivity index (χ0v) is 13.2. The summed E-state index contributed by atoms with van der Waals surface area (Å²) < 4.78 is 45.8. The summed E-state index contributed by atoms with van der Waals surface area (Å²) in [5, 5.41) is 6.50. The molecule has 2 rings (SSSR count). The van der Waals surface area contributed by atoms with Gasteiger partial charge in [-0.2, -0.15) is 13.2 Å². The number of anilines is 1. The van der Waals surface area contributed by atoms with Crippen LogP contribution in [-0.4, -0.2) is 23.8 Å². The van der Waals surface area contributed by atoms with Gasteiger partial charge in [-0.3, -0.25) is 4.79 Å². The number of nitrogens with zero attached hydrogens (tertiary/aromatic N) is 1. The van der Waals surface area contributed by atoms with Crippen LogP contribution in [0.25, 0.3) is 0 Å². The maximum Gasteiger partial charge on any atom is 0.422 e. The standard InChI is InChI=1S/C16H17F3N2O3/c1-10-14(11(2)24-21-10)7-8-15(22)20-12-3-5-13(6-4-12)23-9-16(17,18)19/h3-6H,7-9H2,1-2H3,(H,20,22). The normalized spacial score (nSPS) is 11.4. The van der Waals surface area contributed by atoms with E-state index in [-0.39, 0.29) is 18.1 Å². The van der Waals surface area contributed by atoms with Crippen molar-refractivity contribution in [3.05, 3.63) is 41.3 Å². The Labute approximate surface area is 136 Å². The number of carbonyl (C=O) groups excluding carboxylic acids is 1. The van der Waals surface area contributed by atoms with Crippen LogP contribution in [-0.2, 0) is 11.2 Å². The Hall–Kier alpha value is -2.51. The van der Waals surface area contributed by atoms with Gasteiger partial charge < -0.3 is 14.6 Å². The van der Waals surface area contributed by atoms with Crippen LogP contribution in [0.4, 0.5) is 18.9 Å². The number of hydrogen-bond donors (Lipinski definition) is 1. The first kappa shape index (κ1) is 17.8. The van der Waals surface area contributed by atoms with Gasteiger partial charge in [-0.15, -0.1) is 0 Å².